The van der Waals surface area contributed by atoms with Gasteiger partial charge in [0.2, 0.25) is 5.78 Å². The second-order valence-electron chi connectivity index (χ2n) is 5.92. The molecule has 0 aromatic heterocycles. The first kappa shape index (κ1) is 17.5. The van der Waals surface area contributed by atoms with Gasteiger partial charge in [-0.1, -0.05) is 24.3 Å². The molecule has 0 aliphatic heterocycles. The lowest BCUT2D eigenvalue weighted by Gasteiger charge is -2.18. The SMILES string of the molecule is CCN(C=Cc1ccc2c(c1[N+](=O)[O-])C(=O)c1ccccc1C2=O)CC. The number of hydrogen-bond donors (Lipinski definition) is 0. The van der Waals surface area contributed by atoms with E-state index in [9.17, 15) is 19.7 Å². The largest absolute Gasteiger partial charge is 0.378 e. The zero-order valence-electron chi connectivity index (χ0n) is 14.6. The molecule has 0 N–H and O–H groups in total. The van der Waals surface area contributed by atoms with E-state index in [0.29, 0.717) is 5.56 Å². The van der Waals surface area contributed by atoms with Crippen LogP contribution in [0.4, 0.5) is 5.69 Å². The second-order valence-corrected chi connectivity index (χ2v) is 5.92. The third-order valence-electron chi connectivity index (χ3n) is 4.56. The average Bonchev–Trinajstić information content (AvgIpc) is 2.66. The molecule has 3 rings (SSSR count). The van der Waals surface area contributed by atoms with Crippen LogP contribution < -0.4 is 0 Å². The minimum absolute atomic E-state index is 0.0837. The molecule has 26 heavy (non-hydrogen) atoms. The van der Waals surface area contributed by atoms with E-state index < -0.39 is 10.7 Å². The van der Waals surface area contributed by atoms with Crippen molar-refractivity contribution in [2.75, 3.05) is 13.1 Å². The van der Waals surface area contributed by atoms with E-state index >= 15 is 0 Å². The van der Waals surface area contributed by atoms with Gasteiger partial charge in [0.1, 0.15) is 5.56 Å². The van der Waals surface area contributed by atoms with Gasteiger partial charge in [0.15, 0.2) is 5.78 Å². The smallest absolute Gasteiger partial charge is 0.288 e. The summed E-state index contributed by atoms with van der Waals surface area (Å²) in [7, 11) is 0. The molecule has 1 aliphatic carbocycles. The van der Waals surface area contributed by atoms with E-state index in [4.69, 9.17) is 0 Å². The summed E-state index contributed by atoms with van der Waals surface area (Å²) < 4.78 is 0. The van der Waals surface area contributed by atoms with E-state index in [1.165, 1.54) is 18.2 Å². The van der Waals surface area contributed by atoms with Crippen LogP contribution >= 0.6 is 0 Å². The van der Waals surface area contributed by atoms with Crippen molar-refractivity contribution in [1.29, 1.82) is 0 Å². The van der Waals surface area contributed by atoms with Gasteiger partial charge in [-0.05, 0) is 38.3 Å². The van der Waals surface area contributed by atoms with Gasteiger partial charge in [-0.2, -0.15) is 0 Å². The third kappa shape index (κ3) is 2.79. The number of rotatable bonds is 5. The van der Waals surface area contributed by atoms with Crippen LogP contribution in [-0.2, 0) is 0 Å². The van der Waals surface area contributed by atoms with E-state index in [2.05, 4.69) is 0 Å². The van der Waals surface area contributed by atoms with Crippen LogP contribution in [0.1, 0.15) is 51.3 Å². The summed E-state index contributed by atoms with van der Waals surface area (Å²) in [6.45, 7) is 5.48. The Bertz CT molecular complexity index is 943. The zero-order chi connectivity index (χ0) is 18.8. The number of carbonyl (C=O) groups is 2. The average molecular weight is 350 g/mol. The van der Waals surface area contributed by atoms with Crippen LogP contribution in [0, 0.1) is 10.1 Å². The van der Waals surface area contributed by atoms with Crippen LogP contribution in [0.5, 0.6) is 0 Å². The lowest BCUT2D eigenvalue weighted by molar-refractivity contribution is -0.385. The first-order valence-electron chi connectivity index (χ1n) is 8.41. The predicted octanol–water partition coefficient (Wildman–Crippen LogP) is 3.68. The predicted molar refractivity (Wildman–Crippen MR) is 98.4 cm³/mol. The van der Waals surface area contributed by atoms with Gasteiger partial charge < -0.3 is 4.90 Å². The standard InChI is InChI=1S/C20H18N2O4/c1-3-21(4-2)12-11-13-9-10-16-17(18(13)22(25)26)20(24)15-8-6-5-7-14(15)19(16)23/h5-12H,3-4H2,1-2H3. The normalized spacial score (nSPS) is 12.8. The maximum absolute atomic E-state index is 12.9. The number of benzene rings is 2. The molecule has 0 unspecified atom stereocenters. The maximum atomic E-state index is 12.9. The summed E-state index contributed by atoms with van der Waals surface area (Å²) in [6.07, 6.45) is 3.38. The van der Waals surface area contributed by atoms with E-state index in [1.54, 1.807) is 30.5 Å². The molecule has 0 amide bonds. The summed E-state index contributed by atoms with van der Waals surface area (Å²) in [5, 5.41) is 11.7. The van der Waals surface area contributed by atoms with E-state index in [-0.39, 0.29) is 33.7 Å². The monoisotopic (exact) mass is 350 g/mol. The quantitative estimate of drug-likeness (QED) is 0.518. The Morgan fingerprint density at radius 2 is 1.58 bits per heavy atom. The maximum Gasteiger partial charge on any atom is 0.288 e. The Balaban J connectivity index is 2.20. The van der Waals surface area contributed by atoms with Crippen molar-refractivity contribution in [2.24, 2.45) is 0 Å². The van der Waals surface area contributed by atoms with Gasteiger partial charge in [-0.3, -0.25) is 19.7 Å². The highest BCUT2D eigenvalue weighted by atomic mass is 16.6. The summed E-state index contributed by atoms with van der Waals surface area (Å²) in [5.41, 5.74) is 0.435. The molecule has 0 bridgehead atoms. The molecule has 2 aromatic carbocycles. The molecule has 0 saturated carbocycles. The van der Waals surface area contributed by atoms with Gasteiger partial charge in [0.05, 0.1) is 10.5 Å². The lowest BCUT2D eigenvalue weighted by atomic mass is 9.82. The van der Waals surface area contributed by atoms with Gasteiger partial charge >= 0.3 is 0 Å². The molecule has 0 spiro atoms. The highest BCUT2D eigenvalue weighted by molar-refractivity contribution is 6.30. The highest BCUT2D eigenvalue weighted by Crippen LogP contribution is 2.36. The molecule has 0 saturated heterocycles. The number of carbonyl (C=O) groups excluding carboxylic acids is 2. The highest BCUT2D eigenvalue weighted by Gasteiger charge is 2.36. The van der Waals surface area contributed by atoms with Crippen LogP contribution in [-0.4, -0.2) is 34.5 Å². The van der Waals surface area contributed by atoms with Crippen molar-refractivity contribution < 1.29 is 14.5 Å². The van der Waals surface area contributed by atoms with Crippen molar-refractivity contribution in [2.45, 2.75) is 13.8 Å². The topological polar surface area (TPSA) is 80.5 Å². The molecule has 1 aliphatic rings. The molecule has 132 valence electrons. The van der Waals surface area contributed by atoms with Crippen LogP contribution in [0.15, 0.2) is 42.6 Å². The molecule has 0 atom stereocenters. The summed E-state index contributed by atoms with van der Waals surface area (Å²) in [5.74, 6) is -0.849. The van der Waals surface area contributed by atoms with Crippen molar-refractivity contribution >= 4 is 23.3 Å². The van der Waals surface area contributed by atoms with Crippen molar-refractivity contribution in [1.82, 2.24) is 4.90 Å². The number of ketones is 2. The van der Waals surface area contributed by atoms with E-state index in [0.717, 1.165) is 13.1 Å². The van der Waals surface area contributed by atoms with Crippen LogP contribution in [0.3, 0.4) is 0 Å². The summed E-state index contributed by atoms with van der Waals surface area (Å²) in [4.78, 5) is 38.7. The Hall–Kier alpha value is -3.28. The fourth-order valence-corrected chi connectivity index (χ4v) is 3.14. The molecule has 2 aromatic rings. The third-order valence-corrected chi connectivity index (χ3v) is 4.56. The van der Waals surface area contributed by atoms with Crippen LogP contribution in [0.25, 0.3) is 6.08 Å². The molecular formula is C20H18N2O4. The molecule has 0 fully saturated rings. The van der Waals surface area contributed by atoms with Gasteiger partial charge in [-0.25, -0.2) is 0 Å². The zero-order valence-corrected chi connectivity index (χ0v) is 14.6. The van der Waals surface area contributed by atoms with Crippen molar-refractivity contribution in [3.63, 3.8) is 0 Å². The summed E-state index contributed by atoms with van der Waals surface area (Å²) >= 11 is 0. The van der Waals surface area contributed by atoms with Gasteiger partial charge in [-0.15, -0.1) is 0 Å². The minimum atomic E-state index is -0.583. The van der Waals surface area contributed by atoms with Crippen molar-refractivity contribution in [3.8, 4) is 0 Å². The fourth-order valence-electron chi connectivity index (χ4n) is 3.14. The Kier molecular flexibility index (Phi) is 4.67. The Labute approximate surface area is 150 Å². The number of nitro benzene ring substituents is 1. The summed E-state index contributed by atoms with van der Waals surface area (Å²) in [6, 6.07) is 9.44. The molecule has 6 nitrogen and oxygen atoms in total. The number of hydrogen-bond acceptors (Lipinski definition) is 5. The van der Waals surface area contributed by atoms with Crippen molar-refractivity contribution in [3.05, 3.63) is 80.5 Å². The molecular weight excluding hydrogens is 332 g/mol. The number of nitro groups is 1. The Morgan fingerprint density at radius 3 is 2.15 bits per heavy atom. The minimum Gasteiger partial charge on any atom is -0.378 e. The fraction of sp³-hybridized carbons (Fsp3) is 0.200. The molecule has 0 heterocycles. The van der Waals surface area contributed by atoms with E-state index in [1.807, 2.05) is 18.7 Å². The first-order valence-corrected chi connectivity index (χ1v) is 8.41. The second kappa shape index (κ2) is 6.92. The molecule has 0 radical (unpaired) electrons. The number of fused-ring (bicyclic) bond motifs is 2. The lowest BCUT2D eigenvalue weighted by Crippen LogP contribution is -2.22. The first-order chi connectivity index (χ1) is 12.5. The van der Waals surface area contributed by atoms with Gasteiger partial charge in [0.25, 0.3) is 5.69 Å². The molecule has 6 heteroatoms. The van der Waals surface area contributed by atoms with Crippen LogP contribution in [0.2, 0.25) is 0 Å². The Morgan fingerprint density at radius 1 is 0.962 bits per heavy atom. The van der Waals surface area contributed by atoms with Gasteiger partial charge in [0, 0.05) is 29.8 Å². The number of nitrogens with zero attached hydrogens (tertiary/aromatic N) is 2.